The Morgan fingerprint density at radius 1 is 0.857 bits per heavy atom. The number of benzene rings is 1. The van der Waals surface area contributed by atoms with E-state index in [1.807, 2.05) is 20.8 Å². The molecule has 0 saturated carbocycles. The van der Waals surface area contributed by atoms with E-state index in [2.05, 4.69) is 0 Å². The van der Waals surface area contributed by atoms with Gasteiger partial charge in [0.05, 0.1) is 5.92 Å². The Morgan fingerprint density at radius 3 is 1.81 bits per heavy atom. The molecule has 0 aliphatic rings. The summed E-state index contributed by atoms with van der Waals surface area (Å²) in [6.07, 6.45) is -0.274. The molecule has 0 aliphatic carbocycles. The van der Waals surface area contributed by atoms with Gasteiger partial charge < -0.3 is 34.5 Å². The molecule has 0 spiro atoms. The third-order valence-corrected chi connectivity index (χ3v) is 7.57. The zero-order chi connectivity index (χ0) is 32.4. The van der Waals surface area contributed by atoms with Crippen molar-refractivity contribution in [3.63, 3.8) is 0 Å². The van der Waals surface area contributed by atoms with Crippen molar-refractivity contribution in [2.75, 3.05) is 0 Å². The van der Waals surface area contributed by atoms with Crippen molar-refractivity contribution in [2.24, 2.45) is 17.6 Å². The summed E-state index contributed by atoms with van der Waals surface area (Å²) < 4.78 is 27.3. The number of carboxylic acids is 1. The van der Waals surface area contributed by atoms with Crippen molar-refractivity contribution in [1.29, 1.82) is 0 Å². The van der Waals surface area contributed by atoms with Crippen molar-refractivity contribution in [3.8, 4) is 11.5 Å². The quantitative estimate of drug-likeness (QED) is 0.128. The predicted molar refractivity (Wildman–Crippen MR) is 157 cm³/mol. The number of hydrogen-bond donors (Lipinski definition) is 2. The summed E-state index contributed by atoms with van der Waals surface area (Å²) in [7, 11) is 0. The van der Waals surface area contributed by atoms with Gasteiger partial charge in [-0.05, 0) is 71.6 Å². The van der Waals surface area contributed by atoms with Crippen LogP contribution in [-0.4, -0.2) is 52.7 Å². The molecular weight excluding hydrogens is 546 g/mol. The van der Waals surface area contributed by atoms with Crippen LogP contribution in [0.15, 0.2) is 18.2 Å². The van der Waals surface area contributed by atoms with Crippen LogP contribution in [-0.2, 0) is 23.8 Å². The number of carbonyl (C=O) groups excluding carboxylic acids is 3. The first-order valence-corrected chi connectivity index (χ1v) is 14.5. The highest BCUT2D eigenvalue weighted by molar-refractivity contribution is 5.75. The number of ether oxygens (including phenoxy) is 5. The second-order valence-corrected chi connectivity index (χ2v) is 11.9. The first kappa shape index (κ1) is 36.7. The average molecular weight is 596 g/mol. The molecule has 0 amide bonds. The maximum Gasteiger partial charge on any atom is 0.514 e. The van der Waals surface area contributed by atoms with Gasteiger partial charge in [-0.1, -0.05) is 47.1 Å². The topological polar surface area (TPSA) is 161 Å². The van der Waals surface area contributed by atoms with Crippen LogP contribution in [0.2, 0.25) is 0 Å². The largest absolute Gasteiger partial charge is 0.514 e. The van der Waals surface area contributed by atoms with Crippen molar-refractivity contribution >= 4 is 24.2 Å². The number of esters is 1. The van der Waals surface area contributed by atoms with E-state index in [4.69, 9.17) is 29.4 Å². The fourth-order valence-electron chi connectivity index (χ4n) is 3.95. The summed E-state index contributed by atoms with van der Waals surface area (Å²) in [5.74, 6) is -3.80. The van der Waals surface area contributed by atoms with Gasteiger partial charge in [-0.25, -0.2) is 9.59 Å². The minimum Gasteiger partial charge on any atom is -0.480 e. The van der Waals surface area contributed by atoms with Crippen LogP contribution in [0.25, 0.3) is 0 Å². The Morgan fingerprint density at radius 2 is 1.36 bits per heavy atom. The molecule has 0 radical (unpaired) electrons. The van der Waals surface area contributed by atoms with E-state index in [9.17, 15) is 24.3 Å². The molecule has 1 aromatic carbocycles. The Balaban J connectivity index is 3.52. The molecule has 3 N–H and O–H groups in total. The Bertz CT molecular complexity index is 1080. The van der Waals surface area contributed by atoms with E-state index in [0.29, 0.717) is 24.8 Å². The highest BCUT2D eigenvalue weighted by Gasteiger charge is 2.36. The lowest BCUT2D eigenvalue weighted by Gasteiger charge is -2.32. The molecule has 0 fully saturated rings. The summed E-state index contributed by atoms with van der Waals surface area (Å²) in [6, 6.07) is 2.83. The molecule has 0 heterocycles. The molecule has 42 heavy (non-hydrogen) atoms. The van der Waals surface area contributed by atoms with E-state index in [1.54, 1.807) is 48.5 Å². The highest BCUT2D eigenvalue weighted by atomic mass is 16.8. The predicted octanol–water partition coefficient (Wildman–Crippen LogP) is 6.59. The van der Waals surface area contributed by atoms with E-state index in [1.165, 1.54) is 18.2 Å². The van der Waals surface area contributed by atoms with Crippen LogP contribution in [0.1, 0.15) is 106 Å². The fourth-order valence-corrected chi connectivity index (χ4v) is 3.95. The first-order valence-electron chi connectivity index (χ1n) is 14.5. The number of carboxylic acid groups (broad SMARTS) is 1. The van der Waals surface area contributed by atoms with Gasteiger partial charge in [-0.15, -0.1) is 0 Å². The van der Waals surface area contributed by atoms with Gasteiger partial charge in [0.2, 0.25) is 0 Å². The van der Waals surface area contributed by atoms with Gasteiger partial charge in [0.1, 0.15) is 23.3 Å². The zero-order valence-corrected chi connectivity index (χ0v) is 26.6. The molecular formula is C31H49NO10. The SMILES string of the molecule is CCCC(C)C(=O)OC(C)C(C)C(c1ccc(OC(=O)OC(C)(C)CC)c(OC(=O)OC(C)(C)CC)c1)[C@H](N)C(=O)O. The van der Waals surface area contributed by atoms with E-state index in [-0.39, 0.29) is 23.4 Å². The van der Waals surface area contributed by atoms with Gasteiger partial charge >= 0.3 is 24.2 Å². The fraction of sp³-hybridized carbons (Fsp3) is 0.677. The average Bonchev–Trinajstić information content (AvgIpc) is 2.89. The summed E-state index contributed by atoms with van der Waals surface area (Å²) in [5.41, 5.74) is 4.86. The Labute approximate surface area is 249 Å². The van der Waals surface area contributed by atoms with Gasteiger partial charge in [-0.3, -0.25) is 9.59 Å². The molecule has 11 nitrogen and oxygen atoms in total. The lowest BCUT2D eigenvalue weighted by Crippen LogP contribution is -2.43. The molecule has 5 atom stereocenters. The maximum atomic E-state index is 12.7. The summed E-state index contributed by atoms with van der Waals surface area (Å²) in [6.45, 7) is 17.7. The minimum absolute atomic E-state index is 0.148. The zero-order valence-electron chi connectivity index (χ0n) is 26.6. The van der Waals surface area contributed by atoms with Gasteiger partial charge in [0, 0.05) is 11.8 Å². The molecule has 0 bridgehead atoms. The van der Waals surface area contributed by atoms with Gasteiger partial charge in [0.25, 0.3) is 0 Å². The van der Waals surface area contributed by atoms with Crippen molar-refractivity contribution in [2.45, 2.75) is 124 Å². The molecule has 0 saturated heterocycles. The second kappa shape index (κ2) is 15.8. The number of nitrogens with two attached hydrogens (primary N) is 1. The minimum atomic E-state index is -1.41. The summed E-state index contributed by atoms with van der Waals surface area (Å²) in [5, 5.41) is 9.83. The summed E-state index contributed by atoms with van der Waals surface area (Å²) >= 11 is 0. The second-order valence-electron chi connectivity index (χ2n) is 11.9. The van der Waals surface area contributed by atoms with Crippen molar-refractivity contribution in [1.82, 2.24) is 0 Å². The normalized spacial score (nSPS) is 15.4. The number of hydrogen-bond acceptors (Lipinski definition) is 10. The summed E-state index contributed by atoms with van der Waals surface area (Å²) in [4.78, 5) is 49.9. The van der Waals surface area contributed by atoms with E-state index in [0.717, 1.165) is 6.42 Å². The van der Waals surface area contributed by atoms with Crippen LogP contribution in [0.5, 0.6) is 11.5 Å². The van der Waals surface area contributed by atoms with Crippen LogP contribution < -0.4 is 15.2 Å². The maximum absolute atomic E-state index is 12.7. The van der Waals surface area contributed by atoms with Crippen LogP contribution in [0.3, 0.4) is 0 Å². The van der Waals surface area contributed by atoms with E-state index < -0.39 is 53.5 Å². The number of carbonyl (C=O) groups is 4. The van der Waals surface area contributed by atoms with Crippen LogP contribution >= 0.6 is 0 Å². The molecule has 1 rings (SSSR count). The molecule has 0 aromatic heterocycles. The Hall–Kier alpha value is -3.34. The molecule has 0 aliphatic heterocycles. The third kappa shape index (κ3) is 11.2. The standard InChI is InChI=1S/C31H49NO10/c1-11-14-18(4)27(35)38-20(6)19(5)24(25(32)26(33)34)21-15-16-22(39-28(36)41-30(7,8)12-2)23(17-21)40-29(37)42-31(9,10)13-3/h15-20,24-25H,11-14,32H2,1-10H3,(H,33,34)/t18?,19?,20?,24?,25-/m0/s1. The van der Waals surface area contributed by atoms with Gasteiger partial charge in [-0.2, -0.15) is 0 Å². The molecule has 4 unspecified atom stereocenters. The molecule has 238 valence electrons. The lowest BCUT2D eigenvalue weighted by molar-refractivity contribution is -0.156. The Kier molecular flexibility index (Phi) is 13.8. The number of rotatable bonds is 15. The van der Waals surface area contributed by atoms with Crippen LogP contribution in [0, 0.1) is 11.8 Å². The molecule has 1 aromatic rings. The van der Waals surface area contributed by atoms with Crippen molar-refractivity contribution < 1.29 is 48.0 Å². The number of aliphatic carboxylic acids is 1. The molecule has 11 heteroatoms. The van der Waals surface area contributed by atoms with Gasteiger partial charge in [0.15, 0.2) is 11.5 Å². The monoisotopic (exact) mass is 595 g/mol. The smallest absolute Gasteiger partial charge is 0.480 e. The highest BCUT2D eigenvalue weighted by Crippen LogP contribution is 2.38. The van der Waals surface area contributed by atoms with E-state index >= 15 is 0 Å². The van der Waals surface area contributed by atoms with Crippen LogP contribution in [0.4, 0.5) is 9.59 Å². The van der Waals surface area contributed by atoms with Crippen molar-refractivity contribution in [3.05, 3.63) is 23.8 Å². The first-order chi connectivity index (χ1) is 19.4. The lowest BCUT2D eigenvalue weighted by atomic mass is 9.79. The third-order valence-electron chi connectivity index (χ3n) is 7.57.